The third-order valence-corrected chi connectivity index (χ3v) is 8.20. The molecule has 1 aromatic carbocycles. The van der Waals surface area contributed by atoms with E-state index in [0.717, 1.165) is 6.26 Å². The van der Waals surface area contributed by atoms with Crippen LogP contribution in [0.2, 0.25) is 0 Å². The maximum atomic E-state index is 12.1. The highest BCUT2D eigenvalue weighted by Gasteiger charge is 2.35. The Bertz CT molecular complexity index is 1650. The van der Waals surface area contributed by atoms with Crippen molar-refractivity contribution in [3.63, 3.8) is 0 Å². The van der Waals surface area contributed by atoms with Crippen molar-refractivity contribution < 1.29 is 47.0 Å². The summed E-state index contributed by atoms with van der Waals surface area (Å²) in [5, 5.41) is 5.52. The molecule has 0 amide bonds. The van der Waals surface area contributed by atoms with E-state index in [2.05, 4.69) is 25.6 Å². The van der Waals surface area contributed by atoms with Gasteiger partial charge in [-0.25, -0.2) is 8.42 Å². The van der Waals surface area contributed by atoms with Gasteiger partial charge in [0.2, 0.25) is 27.9 Å². The Kier molecular flexibility index (Phi) is 16.8. The Morgan fingerprint density at radius 2 is 1.43 bits per heavy atom. The smallest absolute Gasteiger partial charge is 0.353 e. The molecule has 0 aliphatic carbocycles. The maximum Gasteiger partial charge on any atom is 0.425 e. The number of sulfonamides is 1. The second kappa shape index (κ2) is 18.1. The predicted molar refractivity (Wildman–Crippen MR) is 164 cm³/mol. The quantitative estimate of drug-likeness (QED) is 0.266. The fraction of sp³-hybridized carbons (Fsp3) is 0.591. The molecular weight excluding hydrogens is 667 g/mol. The van der Waals surface area contributed by atoms with E-state index in [1.807, 2.05) is 27.7 Å². The van der Waals surface area contributed by atoms with Gasteiger partial charge in [-0.1, -0.05) is 33.8 Å². The van der Waals surface area contributed by atoms with Crippen molar-refractivity contribution in [2.75, 3.05) is 47.2 Å². The van der Waals surface area contributed by atoms with Crippen LogP contribution in [0.4, 0.5) is 23.5 Å². The van der Waals surface area contributed by atoms with E-state index in [4.69, 9.17) is 17.2 Å². The highest BCUT2D eigenvalue weighted by atomic mass is 32.2. The third-order valence-electron chi connectivity index (χ3n) is 5.27. The lowest BCUT2D eigenvalue weighted by atomic mass is 10.1. The predicted octanol–water partition coefficient (Wildman–Crippen LogP) is 1.07. The molecule has 252 valence electrons. The van der Waals surface area contributed by atoms with E-state index in [-0.39, 0.29) is 54.1 Å². The zero-order valence-corrected chi connectivity index (χ0v) is 28.5. The molecule has 1 saturated heterocycles. The minimum absolute atomic E-state index is 0.0350. The van der Waals surface area contributed by atoms with Crippen molar-refractivity contribution >= 4 is 64.4 Å². The fourth-order valence-corrected chi connectivity index (χ4v) is 5.71. The van der Waals surface area contributed by atoms with Gasteiger partial charge in [-0.15, -0.1) is 12.6 Å². The van der Waals surface area contributed by atoms with Gasteiger partial charge in [0.15, 0.2) is 0 Å². The van der Waals surface area contributed by atoms with Crippen molar-refractivity contribution in [1.82, 2.24) is 19.3 Å². The van der Waals surface area contributed by atoms with E-state index < -0.39 is 52.7 Å². The van der Waals surface area contributed by atoms with Gasteiger partial charge in [-0.2, -0.15) is 36.1 Å². The summed E-state index contributed by atoms with van der Waals surface area (Å²) >= 11 is 0. The molecular formula is C22H39N7O11S4. The lowest BCUT2D eigenvalue weighted by molar-refractivity contribution is 0.273. The van der Waals surface area contributed by atoms with Gasteiger partial charge >= 0.3 is 10.6 Å². The van der Waals surface area contributed by atoms with Crippen LogP contribution in [-0.4, -0.2) is 110 Å². The number of nitrogens with one attached hydrogen (secondary N) is 2. The number of benzene rings is 1. The van der Waals surface area contributed by atoms with Gasteiger partial charge < -0.3 is 15.5 Å². The first-order valence-electron chi connectivity index (χ1n) is 13.1. The van der Waals surface area contributed by atoms with Crippen molar-refractivity contribution in [2.45, 2.75) is 58.5 Å². The number of hydrogen-bond donors (Lipinski definition) is 4. The second-order valence-electron chi connectivity index (χ2n) is 8.51. The summed E-state index contributed by atoms with van der Waals surface area (Å²) in [6, 6.07) is 4.55. The molecule has 2 atom stereocenters. The molecule has 1 aromatic heterocycles. The molecule has 18 nitrogen and oxygen atoms in total. The molecule has 0 radical (unpaired) electrons. The van der Waals surface area contributed by atoms with E-state index >= 15 is 0 Å². The second-order valence-corrected chi connectivity index (χ2v) is 13.8. The number of anilines is 4. The van der Waals surface area contributed by atoms with Gasteiger partial charge in [0.1, 0.15) is 0 Å². The van der Waals surface area contributed by atoms with Gasteiger partial charge in [-0.05, 0) is 32.0 Å². The summed E-state index contributed by atoms with van der Waals surface area (Å²) in [5.74, 6) is -0.525. The molecule has 0 spiro atoms. The standard InChI is InChI=1S/C18H27N7O8S3.2C2H6.O3S/c1-12-11-25(34(3,26)27)13(2)10-24(12)18-22-16(19-7-8-35(28,29)30)21-17(23-18)20-14-5-4-6-15(9-14)36(31,32)33;2*1-2;1-4(2)3/h4-6,9,12-13H,7-8,10-11H2,1-3H3,(H,28,29,30)(H,31,32,33)(H2,19,20,21,22,23);2*1-2H3;. The van der Waals surface area contributed by atoms with Crippen molar-refractivity contribution in [3.05, 3.63) is 24.3 Å². The molecule has 0 bridgehead atoms. The largest absolute Gasteiger partial charge is 0.425 e. The Hall–Kier alpha value is -3.02. The van der Waals surface area contributed by atoms with Crippen LogP contribution < -0.4 is 15.5 Å². The summed E-state index contributed by atoms with van der Waals surface area (Å²) in [6.45, 7) is 11.7. The SMILES string of the molecule is CC.CC.CC1CN(S(C)(=O)=O)C(C)CN1c1nc(NCCS(=O)(=O)O)nc(Nc2cccc(S(=O)(=O)O)c2)n1.O=S(=O)=O. The first kappa shape index (κ1) is 41.0. The van der Waals surface area contributed by atoms with Gasteiger partial charge in [0, 0.05) is 37.4 Å². The number of aromatic nitrogens is 3. The van der Waals surface area contributed by atoms with E-state index in [9.17, 15) is 29.8 Å². The van der Waals surface area contributed by atoms with Crippen molar-refractivity contribution in [1.29, 1.82) is 0 Å². The Balaban J connectivity index is 0.00000210. The first-order chi connectivity index (χ1) is 20.3. The van der Waals surface area contributed by atoms with Gasteiger partial charge in [0.05, 0.1) is 16.9 Å². The molecule has 1 fully saturated rings. The monoisotopic (exact) mass is 705 g/mol. The van der Waals surface area contributed by atoms with Crippen molar-refractivity contribution in [3.8, 4) is 0 Å². The summed E-state index contributed by atoms with van der Waals surface area (Å²) in [7, 11) is -15.2. The first-order valence-corrected chi connectivity index (χ1v) is 19.0. The average molecular weight is 706 g/mol. The van der Waals surface area contributed by atoms with Crippen LogP contribution in [-0.2, 0) is 40.9 Å². The molecule has 44 heavy (non-hydrogen) atoms. The minimum atomic E-state index is -4.46. The highest BCUT2D eigenvalue weighted by molar-refractivity contribution is 7.88. The zero-order chi connectivity index (χ0) is 34.5. The van der Waals surface area contributed by atoms with Crippen molar-refractivity contribution in [2.24, 2.45) is 0 Å². The highest BCUT2D eigenvalue weighted by Crippen LogP contribution is 2.25. The molecule has 4 N–H and O–H groups in total. The van der Waals surface area contributed by atoms with Crippen LogP contribution in [0.15, 0.2) is 29.2 Å². The Morgan fingerprint density at radius 3 is 1.93 bits per heavy atom. The number of hydrogen-bond acceptors (Lipinski definition) is 15. The van der Waals surface area contributed by atoms with Gasteiger partial charge in [-0.3, -0.25) is 9.11 Å². The van der Waals surface area contributed by atoms with E-state index in [1.165, 1.54) is 28.6 Å². The van der Waals surface area contributed by atoms with Crippen LogP contribution in [0.5, 0.6) is 0 Å². The van der Waals surface area contributed by atoms with Gasteiger partial charge in [0.25, 0.3) is 20.2 Å². The Labute approximate surface area is 259 Å². The summed E-state index contributed by atoms with van der Waals surface area (Å²) in [5.41, 5.74) is 0.231. The van der Waals surface area contributed by atoms with Crippen LogP contribution in [0.1, 0.15) is 41.5 Å². The lowest BCUT2D eigenvalue weighted by Crippen LogP contribution is -2.58. The number of nitrogens with zero attached hydrogens (tertiary/aromatic N) is 5. The normalized spacial score (nSPS) is 17.0. The molecule has 2 unspecified atom stereocenters. The fourth-order valence-electron chi connectivity index (χ4n) is 3.62. The third kappa shape index (κ3) is 14.6. The molecule has 22 heteroatoms. The van der Waals surface area contributed by atoms with Crippen LogP contribution in [0, 0.1) is 0 Å². The zero-order valence-electron chi connectivity index (χ0n) is 25.2. The molecule has 0 saturated carbocycles. The topological polar surface area (TPSA) is 263 Å². The Morgan fingerprint density at radius 1 is 0.886 bits per heavy atom. The molecule has 1 aliphatic heterocycles. The summed E-state index contributed by atoms with van der Waals surface area (Å²) in [4.78, 5) is 14.3. The molecule has 2 aromatic rings. The van der Waals surface area contributed by atoms with Crippen LogP contribution >= 0.6 is 0 Å². The van der Waals surface area contributed by atoms with Crippen LogP contribution in [0.25, 0.3) is 0 Å². The number of rotatable bonds is 9. The lowest BCUT2D eigenvalue weighted by Gasteiger charge is -2.42. The molecule has 3 rings (SSSR count). The summed E-state index contributed by atoms with van der Waals surface area (Å²) < 4.78 is 114. The summed E-state index contributed by atoms with van der Waals surface area (Å²) in [6.07, 6.45) is 1.13. The van der Waals surface area contributed by atoms with E-state index in [0.29, 0.717) is 0 Å². The van der Waals surface area contributed by atoms with E-state index in [1.54, 1.807) is 18.7 Å². The van der Waals surface area contributed by atoms with Crippen LogP contribution in [0.3, 0.4) is 0 Å². The average Bonchev–Trinajstić information content (AvgIpc) is 2.90. The molecule has 1 aliphatic rings. The minimum Gasteiger partial charge on any atom is -0.353 e. The maximum absolute atomic E-state index is 12.1. The number of piperazine rings is 1. The molecule has 2 heterocycles.